The Kier molecular flexibility index (Phi) is 2.63. The van der Waals surface area contributed by atoms with Crippen molar-refractivity contribution in [1.82, 2.24) is 4.98 Å². The SMILES string of the molecule is Oc1cc(F)ccc1Cc1ccncc1. The van der Waals surface area contributed by atoms with Gasteiger partial charge in [0.15, 0.2) is 0 Å². The molecule has 0 aliphatic rings. The molecule has 2 nitrogen and oxygen atoms in total. The number of hydrogen-bond donors (Lipinski definition) is 1. The van der Waals surface area contributed by atoms with Gasteiger partial charge in [0.25, 0.3) is 0 Å². The van der Waals surface area contributed by atoms with Crippen LogP contribution in [0.25, 0.3) is 0 Å². The Morgan fingerprint density at radius 3 is 2.53 bits per heavy atom. The van der Waals surface area contributed by atoms with Crippen LogP contribution < -0.4 is 0 Å². The summed E-state index contributed by atoms with van der Waals surface area (Å²) in [5.41, 5.74) is 1.74. The van der Waals surface area contributed by atoms with Crippen molar-refractivity contribution in [2.45, 2.75) is 6.42 Å². The van der Waals surface area contributed by atoms with Crippen molar-refractivity contribution in [1.29, 1.82) is 0 Å². The second kappa shape index (κ2) is 4.09. The van der Waals surface area contributed by atoms with Crippen LogP contribution >= 0.6 is 0 Å². The van der Waals surface area contributed by atoms with Gasteiger partial charge in [-0.3, -0.25) is 4.98 Å². The minimum atomic E-state index is -0.425. The van der Waals surface area contributed by atoms with Gasteiger partial charge in [0, 0.05) is 24.9 Å². The molecule has 1 aromatic heterocycles. The number of phenols is 1. The highest BCUT2D eigenvalue weighted by Gasteiger charge is 2.03. The van der Waals surface area contributed by atoms with Crippen molar-refractivity contribution < 1.29 is 9.50 Å². The number of nitrogens with zero attached hydrogens (tertiary/aromatic N) is 1. The number of aromatic hydroxyl groups is 1. The molecule has 0 fully saturated rings. The van der Waals surface area contributed by atoms with E-state index < -0.39 is 5.82 Å². The first-order valence-corrected chi connectivity index (χ1v) is 4.62. The number of phenolic OH excluding ortho intramolecular Hbond substituents is 1. The van der Waals surface area contributed by atoms with Crippen molar-refractivity contribution in [3.8, 4) is 5.75 Å². The fourth-order valence-corrected chi connectivity index (χ4v) is 1.41. The summed E-state index contributed by atoms with van der Waals surface area (Å²) < 4.78 is 12.7. The molecule has 0 bridgehead atoms. The average molecular weight is 203 g/mol. The minimum absolute atomic E-state index is 0.00758. The maximum Gasteiger partial charge on any atom is 0.126 e. The zero-order chi connectivity index (χ0) is 10.7. The maximum atomic E-state index is 12.7. The summed E-state index contributed by atoms with van der Waals surface area (Å²) in [6, 6.07) is 7.78. The van der Waals surface area contributed by atoms with Crippen LogP contribution in [0, 0.1) is 5.82 Å². The summed E-state index contributed by atoms with van der Waals surface area (Å²) in [6.45, 7) is 0. The second-order valence-corrected chi connectivity index (χ2v) is 3.31. The van der Waals surface area contributed by atoms with Crippen molar-refractivity contribution in [3.63, 3.8) is 0 Å². The zero-order valence-corrected chi connectivity index (χ0v) is 8.02. The summed E-state index contributed by atoms with van der Waals surface area (Å²) in [7, 11) is 0. The molecule has 0 spiro atoms. The van der Waals surface area contributed by atoms with Crippen LogP contribution in [0.3, 0.4) is 0 Å². The van der Waals surface area contributed by atoms with Gasteiger partial charge in [0.1, 0.15) is 11.6 Å². The molecule has 0 saturated carbocycles. The Morgan fingerprint density at radius 1 is 1.13 bits per heavy atom. The van der Waals surface area contributed by atoms with Crippen LogP contribution in [-0.2, 0) is 6.42 Å². The quantitative estimate of drug-likeness (QED) is 0.813. The number of rotatable bonds is 2. The molecule has 0 unspecified atom stereocenters. The van der Waals surface area contributed by atoms with E-state index >= 15 is 0 Å². The zero-order valence-electron chi connectivity index (χ0n) is 8.02. The van der Waals surface area contributed by atoms with Gasteiger partial charge in [-0.2, -0.15) is 0 Å². The number of hydrogen-bond acceptors (Lipinski definition) is 2. The van der Waals surface area contributed by atoms with Crippen molar-refractivity contribution in [2.24, 2.45) is 0 Å². The van der Waals surface area contributed by atoms with Gasteiger partial charge in [0.2, 0.25) is 0 Å². The molecule has 76 valence electrons. The number of halogens is 1. The lowest BCUT2D eigenvalue weighted by molar-refractivity contribution is 0.463. The average Bonchev–Trinajstić information content (AvgIpc) is 2.24. The van der Waals surface area contributed by atoms with E-state index in [1.54, 1.807) is 18.5 Å². The van der Waals surface area contributed by atoms with E-state index in [1.807, 2.05) is 12.1 Å². The van der Waals surface area contributed by atoms with E-state index in [0.29, 0.717) is 12.0 Å². The van der Waals surface area contributed by atoms with Gasteiger partial charge in [0.05, 0.1) is 0 Å². The Morgan fingerprint density at radius 2 is 1.87 bits per heavy atom. The first-order valence-electron chi connectivity index (χ1n) is 4.62. The molecule has 15 heavy (non-hydrogen) atoms. The van der Waals surface area contributed by atoms with E-state index in [1.165, 1.54) is 6.07 Å². The molecule has 0 aliphatic carbocycles. The number of pyridine rings is 1. The molecule has 1 heterocycles. The van der Waals surface area contributed by atoms with E-state index in [-0.39, 0.29) is 5.75 Å². The molecule has 1 N–H and O–H groups in total. The van der Waals surface area contributed by atoms with Gasteiger partial charge >= 0.3 is 0 Å². The molecule has 3 heteroatoms. The van der Waals surface area contributed by atoms with Gasteiger partial charge < -0.3 is 5.11 Å². The Hall–Kier alpha value is -1.90. The molecule has 0 saturated heterocycles. The van der Waals surface area contributed by atoms with Crippen LogP contribution in [0.5, 0.6) is 5.75 Å². The third-order valence-corrected chi connectivity index (χ3v) is 2.19. The fraction of sp³-hybridized carbons (Fsp3) is 0.0833. The van der Waals surface area contributed by atoms with Crippen molar-refractivity contribution >= 4 is 0 Å². The Balaban J connectivity index is 2.25. The highest BCUT2D eigenvalue weighted by atomic mass is 19.1. The molecule has 2 rings (SSSR count). The highest BCUT2D eigenvalue weighted by molar-refractivity contribution is 5.36. The lowest BCUT2D eigenvalue weighted by atomic mass is 10.1. The van der Waals surface area contributed by atoms with Crippen LogP contribution in [-0.4, -0.2) is 10.1 Å². The topological polar surface area (TPSA) is 33.1 Å². The summed E-state index contributed by atoms with van der Waals surface area (Å²) in [4.78, 5) is 3.90. The third kappa shape index (κ3) is 2.31. The molecule has 1 aromatic carbocycles. The standard InChI is InChI=1S/C12H10FNO/c13-11-2-1-10(12(15)8-11)7-9-3-5-14-6-4-9/h1-6,8,15H,7H2. The summed E-state index contributed by atoms with van der Waals surface area (Å²) in [6.07, 6.45) is 3.96. The molecular formula is C12H10FNO. The minimum Gasteiger partial charge on any atom is -0.508 e. The Labute approximate surface area is 87.0 Å². The van der Waals surface area contributed by atoms with Crippen LogP contribution in [0.15, 0.2) is 42.7 Å². The molecule has 0 radical (unpaired) electrons. The third-order valence-electron chi connectivity index (χ3n) is 2.19. The number of aromatic nitrogens is 1. The van der Waals surface area contributed by atoms with Crippen molar-refractivity contribution in [3.05, 3.63) is 59.7 Å². The highest BCUT2D eigenvalue weighted by Crippen LogP contribution is 2.20. The predicted octanol–water partition coefficient (Wildman–Crippen LogP) is 2.52. The van der Waals surface area contributed by atoms with E-state index in [2.05, 4.69) is 4.98 Å². The van der Waals surface area contributed by atoms with Crippen LogP contribution in [0.1, 0.15) is 11.1 Å². The lowest BCUT2D eigenvalue weighted by Gasteiger charge is -2.04. The molecule has 0 atom stereocenters. The normalized spacial score (nSPS) is 10.2. The lowest BCUT2D eigenvalue weighted by Crippen LogP contribution is -1.89. The van der Waals surface area contributed by atoms with E-state index in [4.69, 9.17) is 0 Å². The monoisotopic (exact) mass is 203 g/mol. The fourth-order valence-electron chi connectivity index (χ4n) is 1.41. The van der Waals surface area contributed by atoms with Gasteiger partial charge in [-0.15, -0.1) is 0 Å². The summed E-state index contributed by atoms with van der Waals surface area (Å²) >= 11 is 0. The maximum absolute atomic E-state index is 12.7. The molecular weight excluding hydrogens is 193 g/mol. The summed E-state index contributed by atoms with van der Waals surface area (Å²) in [5, 5.41) is 9.50. The molecule has 2 aromatic rings. The van der Waals surface area contributed by atoms with Crippen LogP contribution in [0.2, 0.25) is 0 Å². The van der Waals surface area contributed by atoms with Crippen molar-refractivity contribution in [2.75, 3.05) is 0 Å². The molecule has 0 aliphatic heterocycles. The van der Waals surface area contributed by atoms with E-state index in [0.717, 1.165) is 11.6 Å². The Bertz CT molecular complexity index is 456. The predicted molar refractivity (Wildman–Crippen MR) is 55.1 cm³/mol. The van der Waals surface area contributed by atoms with Gasteiger partial charge in [-0.05, 0) is 29.3 Å². The molecule has 0 amide bonds. The van der Waals surface area contributed by atoms with Crippen LogP contribution in [0.4, 0.5) is 4.39 Å². The second-order valence-electron chi connectivity index (χ2n) is 3.31. The largest absolute Gasteiger partial charge is 0.508 e. The van der Waals surface area contributed by atoms with E-state index in [9.17, 15) is 9.50 Å². The number of benzene rings is 1. The van der Waals surface area contributed by atoms with Gasteiger partial charge in [-0.25, -0.2) is 4.39 Å². The summed E-state index contributed by atoms with van der Waals surface area (Å²) in [5.74, 6) is -0.433. The first-order chi connectivity index (χ1) is 7.25. The van der Waals surface area contributed by atoms with Gasteiger partial charge in [-0.1, -0.05) is 6.07 Å². The first kappa shape index (κ1) is 9.65. The smallest absolute Gasteiger partial charge is 0.126 e.